The number of nitrogens with one attached hydrogen (secondary N) is 2. The summed E-state index contributed by atoms with van der Waals surface area (Å²) in [6.07, 6.45) is 1.43. The number of H-pyrrole nitrogens is 1. The smallest absolute Gasteiger partial charge is 0.243 e. The maximum absolute atomic E-state index is 12.0. The van der Waals surface area contributed by atoms with E-state index in [-0.39, 0.29) is 11.8 Å². The molecule has 1 heterocycles. The maximum Gasteiger partial charge on any atom is 0.243 e. The number of nitrogens with zero attached hydrogens (tertiary/aromatic N) is 1. The van der Waals surface area contributed by atoms with Gasteiger partial charge in [-0.3, -0.25) is 9.89 Å². The molecule has 3 rings (SSSR count). The number of carbonyl (C=O) groups is 1. The molecule has 0 spiro atoms. The van der Waals surface area contributed by atoms with Crippen molar-refractivity contribution in [1.82, 2.24) is 10.2 Å². The van der Waals surface area contributed by atoms with Crippen LogP contribution in [0.15, 0.2) is 48.5 Å². The molecule has 0 saturated carbocycles. The summed E-state index contributed by atoms with van der Waals surface area (Å²) < 4.78 is 5.94. The van der Waals surface area contributed by atoms with Crippen LogP contribution in [0.3, 0.4) is 0 Å². The van der Waals surface area contributed by atoms with Crippen LogP contribution in [-0.2, 0) is 0 Å². The molecule has 0 radical (unpaired) electrons. The van der Waals surface area contributed by atoms with Gasteiger partial charge in [0.25, 0.3) is 0 Å². The Balaban J connectivity index is 1.74. The summed E-state index contributed by atoms with van der Waals surface area (Å²) in [5, 5.41) is 11.4. The topological polar surface area (TPSA) is 67.0 Å². The van der Waals surface area contributed by atoms with E-state index in [1.807, 2.05) is 45.0 Å². The van der Waals surface area contributed by atoms with Gasteiger partial charge in [-0.2, -0.15) is 0 Å². The lowest BCUT2D eigenvalue weighted by Gasteiger charge is -2.17. The average molecular weight is 398 g/mol. The molecular formula is C22H24ClN3O2. The number of carbonyl (C=O) groups excluding carboxylic acids is 1. The number of Topliss-reactive ketones (excluding diaryl/α,β-unsaturated/α-hetero) is 1. The third-order valence-corrected chi connectivity index (χ3v) is 4.74. The zero-order valence-electron chi connectivity index (χ0n) is 16.3. The van der Waals surface area contributed by atoms with Gasteiger partial charge in [-0.05, 0) is 68.8 Å². The first-order chi connectivity index (χ1) is 13.5. The minimum absolute atomic E-state index is 0.0433. The number of ether oxygens (including phenoxy) is 1. The van der Waals surface area contributed by atoms with Gasteiger partial charge in [-0.25, -0.2) is 0 Å². The highest BCUT2D eigenvalue weighted by Crippen LogP contribution is 2.32. The predicted octanol–water partition coefficient (Wildman–Crippen LogP) is 6.32. The van der Waals surface area contributed by atoms with Gasteiger partial charge in [0, 0.05) is 28.4 Å². The van der Waals surface area contributed by atoms with Crippen molar-refractivity contribution in [2.75, 3.05) is 5.32 Å². The largest absolute Gasteiger partial charge is 0.437 e. The zero-order chi connectivity index (χ0) is 20.1. The van der Waals surface area contributed by atoms with E-state index in [1.54, 1.807) is 24.3 Å². The van der Waals surface area contributed by atoms with Crippen molar-refractivity contribution in [3.63, 3.8) is 0 Å². The van der Waals surface area contributed by atoms with Crippen LogP contribution in [-0.4, -0.2) is 16.0 Å². The van der Waals surface area contributed by atoms with Gasteiger partial charge in [-0.15, -0.1) is 5.10 Å². The van der Waals surface area contributed by atoms with Crippen LogP contribution >= 0.6 is 11.6 Å². The lowest BCUT2D eigenvalue weighted by atomic mass is 10.1. The van der Waals surface area contributed by atoms with Crippen LogP contribution in [0.2, 0.25) is 5.02 Å². The monoisotopic (exact) mass is 397 g/mol. The fourth-order valence-corrected chi connectivity index (χ4v) is 3.19. The predicted molar refractivity (Wildman–Crippen MR) is 113 cm³/mol. The van der Waals surface area contributed by atoms with Gasteiger partial charge in [0.1, 0.15) is 5.75 Å². The fraction of sp³-hybridized carbons (Fsp3) is 0.273. The number of aromatic nitrogens is 2. The van der Waals surface area contributed by atoms with Crippen molar-refractivity contribution in [3.05, 3.63) is 70.4 Å². The van der Waals surface area contributed by atoms with E-state index in [1.165, 1.54) is 0 Å². The molecule has 0 aliphatic rings. The number of aromatic amines is 1. The van der Waals surface area contributed by atoms with Crippen molar-refractivity contribution in [2.45, 2.75) is 39.7 Å². The molecule has 0 aliphatic carbocycles. The Bertz CT molecular complexity index is 933. The molecule has 2 aromatic carbocycles. The van der Waals surface area contributed by atoms with Crippen LogP contribution < -0.4 is 10.1 Å². The Morgan fingerprint density at radius 2 is 1.86 bits per heavy atom. The van der Waals surface area contributed by atoms with Crippen molar-refractivity contribution >= 4 is 23.1 Å². The van der Waals surface area contributed by atoms with E-state index in [0.717, 1.165) is 28.9 Å². The summed E-state index contributed by atoms with van der Waals surface area (Å²) >= 11 is 5.93. The number of anilines is 1. The Morgan fingerprint density at radius 3 is 2.50 bits per heavy atom. The second kappa shape index (κ2) is 8.93. The molecule has 2 N–H and O–H groups in total. The highest BCUT2D eigenvalue weighted by atomic mass is 35.5. The average Bonchev–Trinajstić information content (AvgIpc) is 3.04. The molecule has 28 heavy (non-hydrogen) atoms. The zero-order valence-corrected chi connectivity index (χ0v) is 17.0. The van der Waals surface area contributed by atoms with Crippen LogP contribution in [0.5, 0.6) is 11.6 Å². The van der Waals surface area contributed by atoms with Crippen molar-refractivity contribution < 1.29 is 9.53 Å². The molecule has 146 valence electrons. The summed E-state index contributed by atoms with van der Waals surface area (Å²) in [4.78, 5) is 12.0. The molecule has 5 nitrogen and oxygen atoms in total. The van der Waals surface area contributed by atoms with Crippen LogP contribution in [0.4, 0.5) is 5.69 Å². The van der Waals surface area contributed by atoms with Crippen molar-refractivity contribution in [3.8, 4) is 11.6 Å². The first-order valence-corrected chi connectivity index (χ1v) is 9.73. The first-order valence-electron chi connectivity index (χ1n) is 9.36. The molecule has 1 unspecified atom stereocenters. The number of aryl methyl sites for hydroxylation is 1. The number of halogens is 1. The Morgan fingerprint density at radius 1 is 1.18 bits per heavy atom. The van der Waals surface area contributed by atoms with E-state index in [9.17, 15) is 4.79 Å². The number of hydrogen-bond donors (Lipinski definition) is 2. The number of benzene rings is 2. The Labute approximate surface area is 170 Å². The molecule has 6 heteroatoms. The van der Waals surface area contributed by atoms with Gasteiger partial charge >= 0.3 is 0 Å². The lowest BCUT2D eigenvalue weighted by molar-refractivity contribution is 0.0982. The number of rotatable bonds is 8. The third kappa shape index (κ3) is 4.73. The molecular weight excluding hydrogens is 374 g/mol. The standard InChI is InChI=1S/C22H24ClN3O2/c1-4-5-20(27)16-6-10-18(11-7-16)24-14(2)21-15(3)25-26-22(21)28-19-12-8-17(23)9-13-19/h6-14,24H,4-5H2,1-3H3,(H,25,26). The molecule has 0 amide bonds. The minimum atomic E-state index is -0.0433. The van der Waals surface area contributed by atoms with Crippen LogP contribution in [0.25, 0.3) is 0 Å². The Kier molecular flexibility index (Phi) is 6.37. The highest BCUT2D eigenvalue weighted by Gasteiger charge is 2.19. The second-order valence-corrected chi connectivity index (χ2v) is 7.18. The molecule has 1 aromatic heterocycles. The van der Waals surface area contributed by atoms with Gasteiger partial charge in [0.05, 0.1) is 11.6 Å². The Hall–Kier alpha value is -2.79. The number of ketones is 1. The highest BCUT2D eigenvalue weighted by molar-refractivity contribution is 6.30. The lowest BCUT2D eigenvalue weighted by Crippen LogP contribution is -2.08. The molecule has 0 aliphatic heterocycles. The summed E-state index contributed by atoms with van der Waals surface area (Å²) in [6, 6.07) is 14.7. The van der Waals surface area contributed by atoms with E-state index in [4.69, 9.17) is 16.3 Å². The summed E-state index contributed by atoms with van der Waals surface area (Å²) in [5.41, 5.74) is 3.55. The molecule has 0 saturated heterocycles. The van der Waals surface area contributed by atoms with Crippen molar-refractivity contribution in [2.24, 2.45) is 0 Å². The second-order valence-electron chi connectivity index (χ2n) is 6.74. The van der Waals surface area contributed by atoms with Gasteiger partial charge in [0.2, 0.25) is 5.88 Å². The van der Waals surface area contributed by atoms with Gasteiger partial charge in [-0.1, -0.05) is 18.5 Å². The molecule has 0 bridgehead atoms. The minimum Gasteiger partial charge on any atom is -0.437 e. The summed E-state index contributed by atoms with van der Waals surface area (Å²) in [7, 11) is 0. The first kappa shape index (κ1) is 20.0. The van der Waals surface area contributed by atoms with Gasteiger partial charge < -0.3 is 10.1 Å². The van der Waals surface area contributed by atoms with E-state index >= 15 is 0 Å². The summed E-state index contributed by atoms with van der Waals surface area (Å²) in [5.74, 6) is 1.36. The van der Waals surface area contributed by atoms with Crippen LogP contribution in [0.1, 0.15) is 54.3 Å². The SMILES string of the molecule is CCCC(=O)c1ccc(NC(C)c2c(Oc3ccc(Cl)cc3)n[nH]c2C)cc1. The molecule has 1 atom stereocenters. The van der Waals surface area contributed by atoms with E-state index in [2.05, 4.69) is 15.5 Å². The molecule has 0 fully saturated rings. The summed E-state index contributed by atoms with van der Waals surface area (Å²) in [6.45, 7) is 6.01. The number of hydrogen-bond acceptors (Lipinski definition) is 4. The van der Waals surface area contributed by atoms with Crippen molar-refractivity contribution in [1.29, 1.82) is 0 Å². The normalized spacial score (nSPS) is 11.9. The van der Waals surface area contributed by atoms with E-state index < -0.39 is 0 Å². The third-order valence-electron chi connectivity index (χ3n) is 4.49. The van der Waals surface area contributed by atoms with Crippen LogP contribution in [0, 0.1) is 6.92 Å². The quantitative estimate of drug-likeness (QED) is 0.436. The maximum atomic E-state index is 12.0. The van der Waals surface area contributed by atoms with Gasteiger partial charge in [0.15, 0.2) is 5.78 Å². The molecule has 3 aromatic rings. The fourth-order valence-electron chi connectivity index (χ4n) is 3.06. The van der Waals surface area contributed by atoms with E-state index in [0.29, 0.717) is 23.1 Å².